The quantitative estimate of drug-likeness (QED) is 0.106. The largest absolute Gasteiger partial charge is 0.313 e. The molecule has 0 atom stereocenters. The summed E-state index contributed by atoms with van der Waals surface area (Å²) in [6.07, 6.45) is 5.26. The molecular formula is C77H53N3. The van der Waals surface area contributed by atoms with Crippen LogP contribution in [0.5, 0.6) is 0 Å². The summed E-state index contributed by atoms with van der Waals surface area (Å²) in [5.41, 5.74) is 25.5. The van der Waals surface area contributed by atoms with Gasteiger partial charge >= 0.3 is 0 Å². The fraction of sp³-hybridized carbons (Fsp3) is 0.0390. The highest BCUT2D eigenvalue weighted by molar-refractivity contribution is 6.22. The van der Waals surface area contributed by atoms with Gasteiger partial charge in [-0.1, -0.05) is 189 Å². The van der Waals surface area contributed by atoms with E-state index in [1.165, 1.54) is 138 Å². The van der Waals surface area contributed by atoms with Crippen molar-refractivity contribution in [1.29, 1.82) is 0 Å². The smallest absolute Gasteiger partial charge is 0.0577 e. The molecule has 0 N–H and O–H groups in total. The molecule has 0 saturated heterocycles. The zero-order valence-corrected chi connectivity index (χ0v) is 44.6. The van der Waals surface area contributed by atoms with E-state index in [9.17, 15) is 0 Å². The number of fused-ring (bicyclic) bond motifs is 11. The van der Waals surface area contributed by atoms with Gasteiger partial charge in [0.25, 0.3) is 0 Å². The van der Waals surface area contributed by atoms with Gasteiger partial charge in [0, 0.05) is 61.7 Å². The van der Waals surface area contributed by atoms with E-state index >= 15 is 0 Å². The molecule has 1 aliphatic rings. The van der Waals surface area contributed by atoms with Crippen LogP contribution < -0.4 is 0 Å². The monoisotopic (exact) mass is 1020 g/mol. The second-order valence-electron chi connectivity index (χ2n) is 21.7. The van der Waals surface area contributed by atoms with Gasteiger partial charge in [-0.15, -0.1) is 0 Å². The molecule has 16 rings (SSSR count). The molecule has 12 aromatic carbocycles. The first-order valence-corrected chi connectivity index (χ1v) is 27.8. The summed E-state index contributed by atoms with van der Waals surface area (Å²) in [7, 11) is 0. The van der Waals surface area contributed by atoms with Gasteiger partial charge in [0.15, 0.2) is 0 Å². The lowest BCUT2D eigenvalue weighted by molar-refractivity contribution is 1.03. The van der Waals surface area contributed by atoms with Crippen LogP contribution in [0.3, 0.4) is 0 Å². The predicted octanol–water partition coefficient (Wildman–Crippen LogP) is 20.4. The molecule has 376 valence electrons. The Balaban J connectivity index is 0.892. The third-order valence-electron chi connectivity index (χ3n) is 17.3. The molecule has 1 aliphatic heterocycles. The van der Waals surface area contributed by atoms with Crippen LogP contribution in [0.25, 0.3) is 138 Å². The Bertz CT molecular complexity index is 5060. The molecule has 3 heteroatoms. The molecule has 4 heterocycles. The van der Waals surface area contributed by atoms with Crippen molar-refractivity contribution in [1.82, 2.24) is 13.7 Å². The van der Waals surface area contributed by atoms with E-state index in [4.69, 9.17) is 0 Å². The van der Waals surface area contributed by atoms with E-state index in [1.54, 1.807) is 0 Å². The van der Waals surface area contributed by atoms with Gasteiger partial charge in [-0.05, 0) is 175 Å². The molecule has 80 heavy (non-hydrogen) atoms. The van der Waals surface area contributed by atoms with Crippen molar-refractivity contribution in [2.45, 2.75) is 20.3 Å². The standard InChI is InChI=1S/C77H53N3/c1-4-50(44-65-49(3)78(69-30-16-8-20-48(69)2)71-32-18-14-24-59(65)71)53-36-40-73-66(45-53)67-46-54(56-43-57-42-55-23-9-17-31-70(55)80-72-33-19-15-25-60(72)68(47-56)77(57)80)37-41-74(67)79(73)58-38-34-52(35-39-58)76-63-28-12-10-26-61(63)75(51-21-6-5-7-22-51)62-27-11-13-29-64(62)76/h4-41,43-47H,1,42H2,2-3H3/b50-44+. The van der Waals surface area contributed by atoms with Crippen LogP contribution in [0.1, 0.15) is 33.5 Å². The van der Waals surface area contributed by atoms with Gasteiger partial charge in [0.2, 0.25) is 0 Å². The molecule has 0 saturated carbocycles. The lowest BCUT2D eigenvalue weighted by atomic mass is 9.86. The summed E-state index contributed by atoms with van der Waals surface area (Å²) in [5.74, 6) is 0. The van der Waals surface area contributed by atoms with Gasteiger partial charge in [0.1, 0.15) is 0 Å². The Morgan fingerprint density at radius 3 is 1.59 bits per heavy atom. The highest BCUT2D eigenvalue weighted by Gasteiger charge is 2.25. The molecule has 0 unspecified atom stereocenters. The molecule has 3 nitrogen and oxygen atoms in total. The van der Waals surface area contributed by atoms with Crippen LogP contribution in [-0.4, -0.2) is 13.7 Å². The fourth-order valence-electron chi connectivity index (χ4n) is 13.7. The minimum Gasteiger partial charge on any atom is -0.313 e. The molecule has 0 aliphatic carbocycles. The summed E-state index contributed by atoms with van der Waals surface area (Å²) in [6, 6.07) is 92.2. The van der Waals surface area contributed by atoms with Crippen molar-refractivity contribution in [2.75, 3.05) is 0 Å². The second kappa shape index (κ2) is 17.9. The first kappa shape index (κ1) is 45.9. The van der Waals surface area contributed by atoms with Crippen LogP contribution in [0, 0.1) is 13.8 Å². The maximum Gasteiger partial charge on any atom is 0.0577 e. The number of rotatable bonds is 8. The minimum atomic E-state index is 0.889. The molecule has 15 aromatic rings. The van der Waals surface area contributed by atoms with E-state index in [0.29, 0.717) is 0 Å². The summed E-state index contributed by atoms with van der Waals surface area (Å²) >= 11 is 0. The first-order chi connectivity index (χ1) is 39.5. The number of aromatic nitrogens is 3. The Hall–Kier alpha value is -10.2. The van der Waals surface area contributed by atoms with Crippen LogP contribution in [-0.2, 0) is 6.42 Å². The number of nitrogens with zero attached hydrogens (tertiary/aromatic N) is 3. The van der Waals surface area contributed by atoms with Gasteiger partial charge in [0.05, 0.1) is 27.6 Å². The average molecular weight is 1020 g/mol. The van der Waals surface area contributed by atoms with Crippen molar-refractivity contribution >= 4 is 87.7 Å². The molecule has 0 bridgehead atoms. The van der Waals surface area contributed by atoms with Crippen molar-refractivity contribution in [3.8, 4) is 50.4 Å². The van der Waals surface area contributed by atoms with Gasteiger partial charge in [-0.25, -0.2) is 0 Å². The predicted molar refractivity (Wildman–Crippen MR) is 340 cm³/mol. The SMILES string of the molecule is C=C/C(=C\c1c(C)n(-c2ccccc2C)c2ccccc12)c1ccc2c(c1)c1cc(-c3cc4c5c(c3)c3ccccc3n5-c3ccccc3C4)ccc1n2-c1ccc(-c2c3ccccc3c(-c3ccccc3)c3ccccc23)cc1. The molecule has 0 radical (unpaired) electrons. The van der Waals surface area contributed by atoms with E-state index in [0.717, 1.165) is 34.3 Å². The number of hydrogen-bond acceptors (Lipinski definition) is 0. The maximum absolute atomic E-state index is 4.46. The highest BCUT2D eigenvalue weighted by Crippen LogP contribution is 2.46. The minimum absolute atomic E-state index is 0.889. The lowest BCUT2D eigenvalue weighted by Crippen LogP contribution is -2.07. The lowest BCUT2D eigenvalue weighted by Gasteiger charge is -2.21. The van der Waals surface area contributed by atoms with Crippen LogP contribution in [0.4, 0.5) is 0 Å². The average Bonchev–Trinajstić information content (AvgIpc) is 4.21. The summed E-state index contributed by atoms with van der Waals surface area (Å²) in [5, 5.41) is 11.2. The molecular weight excluding hydrogens is 967 g/mol. The number of hydrogen-bond donors (Lipinski definition) is 0. The van der Waals surface area contributed by atoms with Gasteiger partial charge < -0.3 is 13.7 Å². The molecule has 0 amide bonds. The molecule has 0 fully saturated rings. The van der Waals surface area contributed by atoms with Crippen molar-refractivity contribution < 1.29 is 0 Å². The van der Waals surface area contributed by atoms with Crippen LogP contribution in [0.15, 0.2) is 261 Å². The zero-order valence-electron chi connectivity index (χ0n) is 44.6. The maximum atomic E-state index is 4.46. The normalized spacial score (nSPS) is 12.4. The third-order valence-corrected chi connectivity index (χ3v) is 17.3. The third kappa shape index (κ3) is 6.87. The Labute approximate surface area is 464 Å². The fourth-order valence-corrected chi connectivity index (χ4v) is 13.7. The summed E-state index contributed by atoms with van der Waals surface area (Å²) in [4.78, 5) is 0. The topological polar surface area (TPSA) is 14.8 Å². The number of allylic oxidation sites excluding steroid dienone is 2. The van der Waals surface area contributed by atoms with Crippen molar-refractivity contribution in [3.05, 3.63) is 295 Å². The first-order valence-electron chi connectivity index (χ1n) is 27.8. The van der Waals surface area contributed by atoms with E-state index < -0.39 is 0 Å². The van der Waals surface area contributed by atoms with E-state index in [1.807, 2.05) is 6.08 Å². The Morgan fingerprint density at radius 2 is 0.900 bits per heavy atom. The highest BCUT2D eigenvalue weighted by atomic mass is 15.0. The van der Waals surface area contributed by atoms with E-state index in [2.05, 4.69) is 289 Å². The summed E-state index contributed by atoms with van der Waals surface area (Å²) in [6.45, 7) is 8.90. The van der Waals surface area contributed by atoms with E-state index in [-0.39, 0.29) is 0 Å². The second-order valence-corrected chi connectivity index (χ2v) is 21.7. The van der Waals surface area contributed by atoms with Crippen molar-refractivity contribution in [3.63, 3.8) is 0 Å². The van der Waals surface area contributed by atoms with Crippen molar-refractivity contribution in [2.24, 2.45) is 0 Å². The van der Waals surface area contributed by atoms with Gasteiger partial charge in [-0.2, -0.15) is 0 Å². The zero-order chi connectivity index (χ0) is 53.2. The Kier molecular flexibility index (Phi) is 10.3. The van der Waals surface area contributed by atoms with Gasteiger partial charge in [-0.3, -0.25) is 0 Å². The van der Waals surface area contributed by atoms with Crippen LogP contribution >= 0.6 is 0 Å². The molecule has 3 aromatic heterocycles. The number of benzene rings is 12. The van der Waals surface area contributed by atoms with Crippen LogP contribution in [0.2, 0.25) is 0 Å². The number of para-hydroxylation sites is 4. The summed E-state index contributed by atoms with van der Waals surface area (Å²) < 4.78 is 7.36. The number of aryl methyl sites for hydroxylation is 1. The Morgan fingerprint density at radius 1 is 0.375 bits per heavy atom. The molecule has 0 spiro atoms.